The van der Waals surface area contributed by atoms with Gasteiger partial charge < -0.3 is 10.6 Å². The van der Waals surface area contributed by atoms with Gasteiger partial charge >= 0.3 is 0 Å². The minimum absolute atomic E-state index is 0.581. The highest BCUT2D eigenvalue weighted by Crippen LogP contribution is 2.28. The van der Waals surface area contributed by atoms with E-state index in [2.05, 4.69) is 64.5 Å². The first-order valence-corrected chi connectivity index (χ1v) is 8.73. The summed E-state index contributed by atoms with van der Waals surface area (Å²) in [4.78, 5) is 6.88. The van der Waals surface area contributed by atoms with Crippen molar-refractivity contribution in [2.24, 2.45) is 5.92 Å². The largest absolute Gasteiger partial charge is 0.384 e. The maximum absolute atomic E-state index is 5.76. The number of nitrogens with zero attached hydrogens (tertiary/aromatic N) is 2. The molecular formula is C21H23N3. The molecule has 0 saturated carbocycles. The maximum atomic E-state index is 5.76. The number of anilines is 2. The molecule has 2 heterocycles. The van der Waals surface area contributed by atoms with Gasteiger partial charge in [-0.05, 0) is 61.1 Å². The number of hydrogen-bond donors (Lipinski definition) is 1. The Morgan fingerprint density at radius 2 is 1.75 bits per heavy atom. The lowest BCUT2D eigenvalue weighted by Gasteiger charge is -2.34. The SMILES string of the molecule is Nc1ccc2cc(N3CCC(Cc4ccccc4)CC3)ccc2n1. The summed E-state index contributed by atoms with van der Waals surface area (Å²) in [5, 5.41) is 1.16. The lowest BCUT2D eigenvalue weighted by atomic mass is 9.90. The lowest BCUT2D eigenvalue weighted by Crippen LogP contribution is -2.34. The zero-order valence-electron chi connectivity index (χ0n) is 13.9. The first-order chi connectivity index (χ1) is 11.8. The van der Waals surface area contributed by atoms with Gasteiger partial charge in [-0.15, -0.1) is 0 Å². The molecule has 3 heteroatoms. The van der Waals surface area contributed by atoms with Crippen molar-refractivity contribution in [2.75, 3.05) is 23.7 Å². The van der Waals surface area contributed by atoms with Crippen molar-refractivity contribution in [3.63, 3.8) is 0 Å². The summed E-state index contributed by atoms with van der Waals surface area (Å²) in [6.45, 7) is 2.26. The molecule has 0 radical (unpaired) electrons. The number of nitrogens with two attached hydrogens (primary N) is 1. The normalized spacial score (nSPS) is 15.8. The van der Waals surface area contributed by atoms with Crippen LogP contribution < -0.4 is 10.6 Å². The number of nitrogen functional groups attached to an aromatic ring is 1. The number of rotatable bonds is 3. The molecule has 24 heavy (non-hydrogen) atoms. The van der Waals surface area contributed by atoms with Gasteiger partial charge in [0.2, 0.25) is 0 Å². The van der Waals surface area contributed by atoms with Gasteiger partial charge in [0.25, 0.3) is 0 Å². The van der Waals surface area contributed by atoms with Crippen LogP contribution in [0.25, 0.3) is 10.9 Å². The molecule has 122 valence electrons. The first kappa shape index (κ1) is 15.0. The van der Waals surface area contributed by atoms with E-state index in [1.807, 2.05) is 6.07 Å². The fourth-order valence-electron chi connectivity index (χ4n) is 3.67. The molecule has 4 rings (SSSR count). The predicted octanol–water partition coefficient (Wildman–Crippen LogP) is 4.28. The van der Waals surface area contributed by atoms with Gasteiger partial charge in [-0.2, -0.15) is 0 Å². The molecule has 1 aliphatic heterocycles. The maximum Gasteiger partial charge on any atom is 0.124 e. The number of aromatic nitrogens is 1. The monoisotopic (exact) mass is 317 g/mol. The van der Waals surface area contributed by atoms with Crippen LogP contribution in [0.1, 0.15) is 18.4 Å². The molecule has 1 fully saturated rings. The molecule has 0 aliphatic carbocycles. The number of hydrogen-bond acceptors (Lipinski definition) is 3. The van der Waals surface area contributed by atoms with Crippen LogP contribution in [0.5, 0.6) is 0 Å². The smallest absolute Gasteiger partial charge is 0.124 e. The van der Waals surface area contributed by atoms with E-state index in [1.54, 1.807) is 0 Å². The second-order valence-corrected chi connectivity index (χ2v) is 6.73. The van der Waals surface area contributed by atoms with Crippen LogP contribution >= 0.6 is 0 Å². The second kappa shape index (κ2) is 6.52. The number of pyridine rings is 1. The molecule has 2 aromatic carbocycles. The third kappa shape index (κ3) is 3.21. The van der Waals surface area contributed by atoms with E-state index in [0.29, 0.717) is 5.82 Å². The third-order valence-corrected chi connectivity index (χ3v) is 5.04. The van der Waals surface area contributed by atoms with Crippen molar-refractivity contribution in [3.8, 4) is 0 Å². The molecule has 1 aromatic heterocycles. The van der Waals surface area contributed by atoms with Crippen molar-refractivity contribution in [1.29, 1.82) is 0 Å². The second-order valence-electron chi connectivity index (χ2n) is 6.73. The highest BCUT2D eigenvalue weighted by atomic mass is 15.1. The number of benzene rings is 2. The molecule has 1 saturated heterocycles. The van der Waals surface area contributed by atoms with Crippen molar-refractivity contribution >= 4 is 22.4 Å². The van der Waals surface area contributed by atoms with Crippen LogP contribution in [0.3, 0.4) is 0 Å². The zero-order valence-corrected chi connectivity index (χ0v) is 13.9. The Hall–Kier alpha value is -2.55. The number of piperidine rings is 1. The topological polar surface area (TPSA) is 42.1 Å². The Morgan fingerprint density at radius 3 is 2.54 bits per heavy atom. The Labute approximate surface area is 143 Å². The summed E-state index contributed by atoms with van der Waals surface area (Å²) in [6.07, 6.45) is 3.72. The Bertz CT molecular complexity index is 821. The van der Waals surface area contributed by atoms with Crippen LogP contribution in [0.15, 0.2) is 60.7 Å². The molecule has 0 bridgehead atoms. The van der Waals surface area contributed by atoms with Crippen LogP contribution in [0, 0.1) is 5.92 Å². The molecule has 0 amide bonds. The minimum atomic E-state index is 0.581. The molecule has 0 spiro atoms. The number of fused-ring (bicyclic) bond motifs is 1. The van der Waals surface area contributed by atoms with Gasteiger partial charge in [0, 0.05) is 24.2 Å². The van der Waals surface area contributed by atoms with Gasteiger partial charge in [0.1, 0.15) is 5.82 Å². The minimum Gasteiger partial charge on any atom is -0.384 e. The molecular weight excluding hydrogens is 294 g/mol. The van der Waals surface area contributed by atoms with E-state index in [0.717, 1.165) is 29.9 Å². The van der Waals surface area contributed by atoms with Gasteiger partial charge in [-0.3, -0.25) is 0 Å². The molecule has 3 aromatic rings. The summed E-state index contributed by atoms with van der Waals surface area (Å²) < 4.78 is 0. The van der Waals surface area contributed by atoms with Gasteiger partial charge in [-0.25, -0.2) is 4.98 Å². The van der Waals surface area contributed by atoms with Crippen LogP contribution in [0.4, 0.5) is 11.5 Å². The summed E-state index contributed by atoms with van der Waals surface area (Å²) in [7, 11) is 0. The molecule has 3 nitrogen and oxygen atoms in total. The molecule has 2 N–H and O–H groups in total. The van der Waals surface area contributed by atoms with Gasteiger partial charge in [0.15, 0.2) is 0 Å². The zero-order chi connectivity index (χ0) is 16.4. The van der Waals surface area contributed by atoms with Crippen molar-refractivity contribution in [3.05, 3.63) is 66.2 Å². The van der Waals surface area contributed by atoms with Gasteiger partial charge in [0.05, 0.1) is 5.52 Å². The average molecular weight is 317 g/mol. The summed E-state index contributed by atoms with van der Waals surface area (Å²) >= 11 is 0. The fraction of sp³-hybridized carbons (Fsp3) is 0.286. The molecule has 0 unspecified atom stereocenters. The Balaban J connectivity index is 1.43. The molecule has 0 atom stereocenters. The summed E-state index contributed by atoms with van der Waals surface area (Å²) in [5.74, 6) is 1.38. The van der Waals surface area contributed by atoms with Crippen molar-refractivity contribution in [1.82, 2.24) is 4.98 Å². The van der Waals surface area contributed by atoms with E-state index in [1.165, 1.54) is 30.5 Å². The quantitative estimate of drug-likeness (QED) is 0.784. The lowest BCUT2D eigenvalue weighted by molar-refractivity contribution is 0.404. The third-order valence-electron chi connectivity index (χ3n) is 5.04. The highest BCUT2D eigenvalue weighted by Gasteiger charge is 2.19. The average Bonchev–Trinajstić information content (AvgIpc) is 2.63. The Morgan fingerprint density at radius 1 is 0.958 bits per heavy atom. The van der Waals surface area contributed by atoms with Gasteiger partial charge in [-0.1, -0.05) is 30.3 Å². The van der Waals surface area contributed by atoms with E-state index in [-0.39, 0.29) is 0 Å². The van der Waals surface area contributed by atoms with E-state index in [9.17, 15) is 0 Å². The Kier molecular flexibility index (Phi) is 4.08. The van der Waals surface area contributed by atoms with E-state index in [4.69, 9.17) is 5.73 Å². The first-order valence-electron chi connectivity index (χ1n) is 8.73. The highest BCUT2D eigenvalue weighted by molar-refractivity contribution is 5.83. The van der Waals surface area contributed by atoms with E-state index < -0.39 is 0 Å². The predicted molar refractivity (Wildman–Crippen MR) is 101 cm³/mol. The van der Waals surface area contributed by atoms with Crippen molar-refractivity contribution in [2.45, 2.75) is 19.3 Å². The summed E-state index contributed by atoms with van der Waals surface area (Å²) in [6, 6.07) is 21.3. The van der Waals surface area contributed by atoms with Crippen LogP contribution in [0.2, 0.25) is 0 Å². The van der Waals surface area contributed by atoms with E-state index >= 15 is 0 Å². The van der Waals surface area contributed by atoms with Crippen molar-refractivity contribution < 1.29 is 0 Å². The fourth-order valence-corrected chi connectivity index (χ4v) is 3.67. The van der Waals surface area contributed by atoms with Crippen LogP contribution in [-0.4, -0.2) is 18.1 Å². The standard InChI is InChI=1S/C21H23N3/c22-21-9-6-18-15-19(7-8-20(18)23-21)24-12-10-17(11-13-24)14-16-4-2-1-3-5-16/h1-9,15,17H,10-14H2,(H2,22,23). The van der Waals surface area contributed by atoms with Crippen LogP contribution in [-0.2, 0) is 6.42 Å². The summed E-state index contributed by atoms with van der Waals surface area (Å²) in [5.41, 5.74) is 9.49. The molecule has 1 aliphatic rings.